The van der Waals surface area contributed by atoms with Gasteiger partial charge in [-0.25, -0.2) is 0 Å². The first-order valence-electron chi connectivity index (χ1n) is 5.88. The number of aromatic nitrogens is 1. The van der Waals surface area contributed by atoms with E-state index >= 15 is 0 Å². The Kier molecular flexibility index (Phi) is 4.66. The van der Waals surface area contributed by atoms with Gasteiger partial charge < -0.3 is 0 Å². The van der Waals surface area contributed by atoms with Gasteiger partial charge in [-0.05, 0) is 36.0 Å². The van der Waals surface area contributed by atoms with Crippen LogP contribution in [-0.2, 0) is 11.2 Å². The van der Waals surface area contributed by atoms with Crippen molar-refractivity contribution in [2.24, 2.45) is 5.41 Å². The number of Topliss-reactive ketones (excluding diaryl/α,β-unsaturated/α-hetero) is 1. The molecule has 0 saturated heterocycles. The van der Waals surface area contributed by atoms with Crippen molar-refractivity contribution in [1.82, 2.24) is 4.98 Å². The van der Waals surface area contributed by atoms with Crippen molar-refractivity contribution in [3.05, 3.63) is 30.1 Å². The first-order chi connectivity index (χ1) is 7.47. The summed E-state index contributed by atoms with van der Waals surface area (Å²) in [7, 11) is 0. The maximum absolute atomic E-state index is 11.6. The second-order valence-corrected chi connectivity index (χ2v) is 5.45. The maximum Gasteiger partial charge on any atom is 0.133 e. The van der Waals surface area contributed by atoms with Crippen molar-refractivity contribution in [2.75, 3.05) is 0 Å². The van der Waals surface area contributed by atoms with Gasteiger partial charge in [0, 0.05) is 25.2 Å². The molecule has 1 rings (SSSR count). The zero-order valence-corrected chi connectivity index (χ0v) is 10.5. The molecule has 0 saturated carbocycles. The highest BCUT2D eigenvalue weighted by Gasteiger charge is 2.12. The van der Waals surface area contributed by atoms with E-state index in [1.54, 1.807) is 12.4 Å². The van der Waals surface area contributed by atoms with Crippen molar-refractivity contribution in [3.8, 4) is 0 Å². The predicted octanol–water partition coefficient (Wildman–Crippen LogP) is 3.41. The molecule has 0 amide bonds. The van der Waals surface area contributed by atoms with Crippen molar-refractivity contribution in [2.45, 2.75) is 46.5 Å². The minimum atomic E-state index is 0.256. The third-order valence-corrected chi connectivity index (χ3v) is 2.60. The predicted molar refractivity (Wildman–Crippen MR) is 66.3 cm³/mol. The molecule has 0 bridgehead atoms. The highest BCUT2D eigenvalue weighted by Crippen LogP contribution is 2.21. The third-order valence-electron chi connectivity index (χ3n) is 2.60. The van der Waals surface area contributed by atoms with Crippen molar-refractivity contribution >= 4 is 5.78 Å². The molecule has 1 heterocycles. The fourth-order valence-corrected chi connectivity index (χ4v) is 1.47. The molecule has 1 aromatic heterocycles. The van der Waals surface area contributed by atoms with Crippen LogP contribution >= 0.6 is 0 Å². The van der Waals surface area contributed by atoms with E-state index in [4.69, 9.17) is 0 Å². The van der Waals surface area contributed by atoms with Crippen LogP contribution < -0.4 is 0 Å². The Morgan fingerprint density at radius 2 is 1.81 bits per heavy atom. The molecule has 0 aliphatic carbocycles. The Labute approximate surface area is 98.1 Å². The molecule has 0 fully saturated rings. The average Bonchev–Trinajstić information content (AvgIpc) is 2.24. The number of hydrogen-bond donors (Lipinski definition) is 0. The second-order valence-electron chi connectivity index (χ2n) is 5.45. The van der Waals surface area contributed by atoms with Gasteiger partial charge >= 0.3 is 0 Å². The van der Waals surface area contributed by atoms with Crippen LogP contribution in [0.3, 0.4) is 0 Å². The lowest BCUT2D eigenvalue weighted by Gasteiger charge is -2.16. The van der Waals surface area contributed by atoms with Gasteiger partial charge in [-0.1, -0.05) is 20.8 Å². The molecule has 0 unspecified atom stereocenters. The van der Waals surface area contributed by atoms with E-state index < -0.39 is 0 Å². The topological polar surface area (TPSA) is 30.0 Å². The lowest BCUT2D eigenvalue weighted by Crippen LogP contribution is -2.09. The van der Waals surface area contributed by atoms with Gasteiger partial charge in [0.15, 0.2) is 0 Å². The average molecular weight is 219 g/mol. The normalized spacial score (nSPS) is 11.4. The number of ketones is 1. The minimum absolute atomic E-state index is 0.256. The van der Waals surface area contributed by atoms with Crippen LogP contribution in [0.1, 0.15) is 45.6 Å². The van der Waals surface area contributed by atoms with Gasteiger partial charge in [0.1, 0.15) is 5.78 Å². The van der Waals surface area contributed by atoms with Crippen LogP contribution in [0.15, 0.2) is 24.5 Å². The van der Waals surface area contributed by atoms with E-state index in [9.17, 15) is 4.79 Å². The third kappa shape index (κ3) is 5.64. The molecule has 0 N–H and O–H groups in total. The van der Waals surface area contributed by atoms with Crippen LogP contribution in [0.2, 0.25) is 0 Å². The van der Waals surface area contributed by atoms with E-state index in [0.29, 0.717) is 18.6 Å². The Balaban J connectivity index is 2.26. The number of hydrogen-bond acceptors (Lipinski definition) is 2. The molecule has 88 valence electrons. The van der Waals surface area contributed by atoms with Crippen molar-refractivity contribution in [3.63, 3.8) is 0 Å². The van der Waals surface area contributed by atoms with E-state index in [0.717, 1.165) is 12.8 Å². The zero-order chi connectivity index (χ0) is 12.0. The molecule has 2 nitrogen and oxygen atoms in total. The number of rotatable bonds is 5. The quantitative estimate of drug-likeness (QED) is 0.759. The van der Waals surface area contributed by atoms with Crippen LogP contribution in [0, 0.1) is 5.41 Å². The maximum atomic E-state index is 11.6. The van der Waals surface area contributed by atoms with Gasteiger partial charge in [0.2, 0.25) is 0 Å². The van der Waals surface area contributed by atoms with Crippen LogP contribution in [0.5, 0.6) is 0 Å². The molecule has 0 aliphatic rings. The van der Waals surface area contributed by atoms with E-state index in [1.165, 1.54) is 5.56 Å². The van der Waals surface area contributed by atoms with Gasteiger partial charge in [-0.2, -0.15) is 0 Å². The summed E-state index contributed by atoms with van der Waals surface area (Å²) in [6.45, 7) is 6.51. The monoisotopic (exact) mass is 219 g/mol. The molecular weight excluding hydrogens is 198 g/mol. The Bertz CT molecular complexity index is 324. The van der Waals surface area contributed by atoms with Crippen molar-refractivity contribution in [1.29, 1.82) is 0 Å². The van der Waals surface area contributed by atoms with Crippen molar-refractivity contribution < 1.29 is 4.79 Å². The first-order valence-corrected chi connectivity index (χ1v) is 5.88. The molecular formula is C14H21NO. The standard InChI is InChI=1S/C14H21NO/c1-14(2,3)9-6-13(16)5-4-12-7-10-15-11-8-12/h7-8,10-11H,4-6,9H2,1-3H3. The molecule has 16 heavy (non-hydrogen) atoms. The summed E-state index contributed by atoms with van der Waals surface area (Å²) in [5.74, 6) is 0.367. The van der Waals surface area contributed by atoms with Crippen LogP contribution in [0.4, 0.5) is 0 Å². The minimum Gasteiger partial charge on any atom is -0.300 e. The number of carbonyl (C=O) groups excluding carboxylic acids is 1. The summed E-state index contributed by atoms with van der Waals surface area (Å²) in [4.78, 5) is 15.6. The first kappa shape index (κ1) is 12.9. The smallest absolute Gasteiger partial charge is 0.133 e. The lowest BCUT2D eigenvalue weighted by molar-refractivity contribution is -0.119. The van der Waals surface area contributed by atoms with E-state index in [2.05, 4.69) is 25.8 Å². The Morgan fingerprint density at radius 1 is 1.19 bits per heavy atom. The summed E-state index contributed by atoms with van der Waals surface area (Å²) in [6.07, 6.45) is 6.71. The van der Waals surface area contributed by atoms with Gasteiger partial charge in [-0.15, -0.1) is 0 Å². The molecule has 0 aliphatic heterocycles. The highest BCUT2D eigenvalue weighted by atomic mass is 16.1. The van der Waals surface area contributed by atoms with Crippen LogP contribution in [-0.4, -0.2) is 10.8 Å². The molecule has 1 aromatic rings. The van der Waals surface area contributed by atoms with Gasteiger partial charge in [0.25, 0.3) is 0 Å². The van der Waals surface area contributed by atoms with Crippen LogP contribution in [0.25, 0.3) is 0 Å². The summed E-state index contributed by atoms with van der Waals surface area (Å²) in [6, 6.07) is 3.94. The molecule has 0 spiro atoms. The Hall–Kier alpha value is -1.18. The molecule has 0 radical (unpaired) electrons. The van der Waals surface area contributed by atoms with Gasteiger partial charge in [-0.3, -0.25) is 9.78 Å². The largest absolute Gasteiger partial charge is 0.300 e. The number of pyridine rings is 1. The fraction of sp³-hybridized carbons (Fsp3) is 0.571. The highest BCUT2D eigenvalue weighted by molar-refractivity contribution is 5.78. The fourth-order valence-electron chi connectivity index (χ4n) is 1.47. The number of nitrogens with zero attached hydrogens (tertiary/aromatic N) is 1. The molecule has 2 heteroatoms. The summed E-state index contributed by atoms with van der Waals surface area (Å²) in [5.41, 5.74) is 1.45. The summed E-state index contributed by atoms with van der Waals surface area (Å²) in [5, 5.41) is 0. The summed E-state index contributed by atoms with van der Waals surface area (Å²) < 4.78 is 0. The molecule has 0 atom stereocenters. The SMILES string of the molecule is CC(C)(C)CCC(=O)CCc1ccncc1. The summed E-state index contributed by atoms with van der Waals surface area (Å²) >= 11 is 0. The number of aryl methyl sites for hydroxylation is 1. The molecule has 0 aromatic carbocycles. The van der Waals surface area contributed by atoms with Gasteiger partial charge in [0.05, 0.1) is 0 Å². The van der Waals surface area contributed by atoms with E-state index in [-0.39, 0.29) is 5.41 Å². The lowest BCUT2D eigenvalue weighted by atomic mass is 9.89. The Morgan fingerprint density at radius 3 is 2.38 bits per heavy atom. The number of carbonyl (C=O) groups is 1. The second kappa shape index (κ2) is 5.78. The van der Waals surface area contributed by atoms with E-state index in [1.807, 2.05) is 12.1 Å². The zero-order valence-electron chi connectivity index (χ0n) is 10.5.